The summed E-state index contributed by atoms with van der Waals surface area (Å²) in [6.45, 7) is 2.63. The molecule has 0 aliphatic carbocycles. The van der Waals surface area contributed by atoms with Gasteiger partial charge in [0, 0.05) is 17.1 Å². The molecule has 25 heavy (non-hydrogen) atoms. The van der Waals surface area contributed by atoms with Gasteiger partial charge in [0.2, 0.25) is 0 Å². The molecule has 4 rings (SSSR count). The van der Waals surface area contributed by atoms with Crippen LogP contribution in [0.4, 0.5) is 5.82 Å². The molecular weight excluding hydrogens is 336 g/mol. The minimum absolute atomic E-state index is 0.460. The van der Waals surface area contributed by atoms with Crippen LogP contribution in [0.1, 0.15) is 11.1 Å². The van der Waals surface area contributed by atoms with Gasteiger partial charge < -0.3 is 9.84 Å². The summed E-state index contributed by atoms with van der Waals surface area (Å²) in [5.74, 6) is 0.685. The van der Waals surface area contributed by atoms with Crippen LogP contribution in [0.2, 0.25) is 5.02 Å². The summed E-state index contributed by atoms with van der Waals surface area (Å²) in [5.41, 5.74) is 4.38. The van der Waals surface area contributed by atoms with Crippen molar-refractivity contribution in [3.63, 3.8) is 0 Å². The highest BCUT2D eigenvalue weighted by Crippen LogP contribution is 2.33. The van der Waals surface area contributed by atoms with Crippen LogP contribution in [0.15, 0.2) is 59.4 Å². The maximum atomic E-state index is 6.05. The molecule has 0 radical (unpaired) electrons. The number of nitrogens with one attached hydrogen (secondary N) is 1. The van der Waals surface area contributed by atoms with Crippen molar-refractivity contribution >= 4 is 28.5 Å². The highest BCUT2D eigenvalue weighted by atomic mass is 35.5. The summed E-state index contributed by atoms with van der Waals surface area (Å²) < 4.78 is 5.41. The van der Waals surface area contributed by atoms with Crippen LogP contribution in [0, 0.1) is 6.92 Å². The summed E-state index contributed by atoms with van der Waals surface area (Å²) >= 11 is 6.05. The molecule has 5 nitrogen and oxygen atoms in total. The first-order chi connectivity index (χ1) is 12.2. The first kappa shape index (κ1) is 15.6. The molecule has 2 heterocycles. The predicted molar refractivity (Wildman–Crippen MR) is 98.6 cm³/mol. The number of aromatic nitrogens is 3. The fourth-order valence-corrected chi connectivity index (χ4v) is 2.99. The molecule has 1 N–H and O–H groups in total. The molecule has 124 valence electrons. The number of hydrogen-bond acceptors (Lipinski definition) is 5. The van der Waals surface area contributed by atoms with E-state index in [1.165, 1.54) is 6.33 Å². The van der Waals surface area contributed by atoms with E-state index in [2.05, 4.69) is 20.4 Å². The van der Waals surface area contributed by atoms with Crippen molar-refractivity contribution in [3.05, 3.63) is 71.0 Å². The smallest absolute Gasteiger partial charge is 0.263 e. The number of hydrogen-bond donors (Lipinski definition) is 1. The van der Waals surface area contributed by atoms with Gasteiger partial charge in [-0.1, -0.05) is 53.2 Å². The third-order valence-corrected chi connectivity index (χ3v) is 4.26. The van der Waals surface area contributed by atoms with Crippen molar-refractivity contribution < 1.29 is 4.52 Å². The molecule has 2 aromatic heterocycles. The number of halogens is 1. The largest absolute Gasteiger partial charge is 0.365 e. The lowest BCUT2D eigenvalue weighted by molar-refractivity contribution is 0.451. The standard InChI is InChI=1S/C19H15ClN4O/c1-12-5-2-3-8-15(12)17-16-18(22-11-23-19(16)25-24-17)21-10-13-6-4-7-14(20)9-13/h2-9,11H,10H2,1H3,(H,21,22,23). The van der Waals surface area contributed by atoms with Gasteiger partial charge in [-0.25, -0.2) is 4.98 Å². The van der Waals surface area contributed by atoms with E-state index >= 15 is 0 Å². The van der Waals surface area contributed by atoms with E-state index in [0.717, 1.165) is 27.8 Å². The van der Waals surface area contributed by atoms with Crippen LogP contribution in [-0.2, 0) is 6.54 Å². The number of nitrogens with zero attached hydrogens (tertiary/aromatic N) is 3. The van der Waals surface area contributed by atoms with Crippen molar-refractivity contribution in [2.24, 2.45) is 0 Å². The van der Waals surface area contributed by atoms with Crippen molar-refractivity contribution in [1.29, 1.82) is 0 Å². The van der Waals surface area contributed by atoms with E-state index in [4.69, 9.17) is 16.1 Å². The highest BCUT2D eigenvalue weighted by Gasteiger charge is 2.17. The lowest BCUT2D eigenvalue weighted by atomic mass is 10.0. The molecule has 0 unspecified atom stereocenters. The van der Waals surface area contributed by atoms with Crippen molar-refractivity contribution in [3.8, 4) is 11.3 Å². The van der Waals surface area contributed by atoms with Crippen LogP contribution in [0.25, 0.3) is 22.4 Å². The number of fused-ring (bicyclic) bond motifs is 1. The van der Waals surface area contributed by atoms with Gasteiger partial charge in [0.15, 0.2) is 0 Å². The molecule has 0 fully saturated rings. The summed E-state index contributed by atoms with van der Waals surface area (Å²) in [6, 6.07) is 15.7. The van der Waals surface area contributed by atoms with Crippen LogP contribution in [0.3, 0.4) is 0 Å². The van der Waals surface area contributed by atoms with Gasteiger partial charge in [-0.05, 0) is 30.2 Å². The summed E-state index contributed by atoms with van der Waals surface area (Å²) in [7, 11) is 0. The van der Waals surface area contributed by atoms with Crippen LogP contribution in [-0.4, -0.2) is 15.1 Å². The minimum Gasteiger partial charge on any atom is -0.365 e. The molecule has 0 saturated carbocycles. The second kappa shape index (κ2) is 6.53. The van der Waals surface area contributed by atoms with Crippen LogP contribution in [0.5, 0.6) is 0 Å². The fraction of sp³-hybridized carbons (Fsp3) is 0.105. The van der Waals surface area contributed by atoms with E-state index in [0.29, 0.717) is 23.1 Å². The molecule has 0 aliphatic heterocycles. The Morgan fingerprint density at radius 2 is 1.96 bits per heavy atom. The zero-order valence-corrected chi connectivity index (χ0v) is 14.3. The molecule has 2 aromatic carbocycles. The predicted octanol–water partition coefficient (Wildman–Crippen LogP) is 4.86. The molecule has 6 heteroatoms. The number of rotatable bonds is 4. The Balaban J connectivity index is 1.74. The average molecular weight is 351 g/mol. The molecule has 0 spiro atoms. The van der Waals surface area contributed by atoms with E-state index < -0.39 is 0 Å². The van der Waals surface area contributed by atoms with E-state index in [9.17, 15) is 0 Å². The average Bonchev–Trinajstić information content (AvgIpc) is 3.05. The quantitative estimate of drug-likeness (QED) is 0.569. The molecule has 0 aliphatic rings. The van der Waals surface area contributed by atoms with Crippen LogP contribution >= 0.6 is 11.6 Å². The van der Waals surface area contributed by atoms with Crippen molar-refractivity contribution in [1.82, 2.24) is 15.1 Å². The Bertz CT molecular complexity index is 1040. The lowest BCUT2D eigenvalue weighted by Gasteiger charge is -2.08. The van der Waals surface area contributed by atoms with Gasteiger partial charge in [-0.3, -0.25) is 0 Å². The van der Waals surface area contributed by atoms with E-state index in [1.807, 2.05) is 55.5 Å². The third kappa shape index (κ3) is 3.06. The van der Waals surface area contributed by atoms with Gasteiger partial charge in [0.25, 0.3) is 5.71 Å². The Hall–Kier alpha value is -2.92. The Morgan fingerprint density at radius 3 is 2.80 bits per heavy atom. The highest BCUT2D eigenvalue weighted by molar-refractivity contribution is 6.30. The van der Waals surface area contributed by atoms with Crippen molar-refractivity contribution in [2.45, 2.75) is 13.5 Å². The van der Waals surface area contributed by atoms with Crippen LogP contribution < -0.4 is 5.32 Å². The molecule has 4 aromatic rings. The summed E-state index contributed by atoms with van der Waals surface area (Å²) in [5, 5.41) is 9.04. The van der Waals surface area contributed by atoms with Gasteiger partial charge in [0.05, 0.1) is 0 Å². The first-order valence-corrected chi connectivity index (χ1v) is 8.25. The second-order valence-corrected chi connectivity index (χ2v) is 6.17. The molecule has 0 amide bonds. The topological polar surface area (TPSA) is 63.8 Å². The van der Waals surface area contributed by atoms with E-state index in [1.54, 1.807) is 0 Å². The third-order valence-electron chi connectivity index (χ3n) is 4.02. The SMILES string of the molecule is Cc1ccccc1-c1noc2ncnc(NCc3cccc(Cl)c3)c12. The molecule has 0 bridgehead atoms. The van der Waals surface area contributed by atoms with E-state index in [-0.39, 0.29) is 0 Å². The summed E-state index contributed by atoms with van der Waals surface area (Å²) in [6.07, 6.45) is 1.47. The maximum absolute atomic E-state index is 6.05. The number of aryl methyl sites for hydroxylation is 1. The first-order valence-electron chi connectivity index (χ1n) is 7.87. The molecule has 0 atom stereocenters. The lowest BCUT2D eigenvalue weighted by Crippen LogP contribution is -2.02. The summed E-state index contributed by atoms with van der Waals surface area (Å²) in [4.78, 5) is 8.56. The Morgan fingerprint density at radius 1 is 1.08 bits per heavy atom. The minimum atomic E-state index is 0.460. The van der Waals surface area contributed by atoms with Crippen molar-refractivity contribution in [2.75, 3.05) is 5.32 Å². The van der Waals surface area contributed by atoms with Gasteiger partial charge in [-0.15, -0.1) is 0 Å². The monoisotopic (exact) mass is 350 g/mol. The molecule has 0 saturated heterocycles. The number of anilines is 1. The zero-order valence-electron chi connectivity index (χ0n) is 13.5. The van der Waals surface area contributed by atoms with Gasteiger partial charge in [0.1, 0.15) is 23.2 Å². The Kier molecular flexibility index (Phi) is 4.07. The Labute approximate surface area is 149 Å². The fourth-order valence-electron chi connectivity index (χ4n) is 2.78. The van der Waals surface area contributed by atoms with Gasteiger partial charge in [-0.2, -0.15) is 4.98 Å². The second-order valence-electron chi connectivity index (χ2n) is 5.73. The number of benzene rings is 2. The van der Waals surface area contributed by atoms with Gasteiger partial charge >= 0.3 is 0 Å². The molecular formula is C19H15ClN4O. The maximum Gasteiger partial charge on any atom is 0.263 e. The normalized spacial score (nSPS) is 11.0. The zero-order chi connectivity index (χ0) is 17.2.